The van der Waals surface area contributed by atoms with Crippen molar-refractivity contribution in [3.8, 4) is 0 Å². The molecule has 4 aliphatic carbocycles. The van der Waals surface area contributed by atoms with Gasteiger partial charge in [-0.3, -0.25) is 9.59 Å². The Labute approximate surface area is 195 Å². The van der Waals surface area contributed by atoms with Crippen LogP contribution in [0.15, 0.2) is 23.3 Å². The Bertz CT molecular complexity index is 736. The van der Waals surface area contributed by atoms with Crippen molar-refractivity contribution < 1.29 is 19.1 Å². The first-order valence-corrected chi connectivity index (χ1v) is 13.0. The van der Waals surface area contributed by atoms with Crippen LogP contribution in [0.1, 0.15) is 92.9 Å². The molecule has 8 unspecified atom stereocenters. The molecule has 4 bridgehead atoms. The van der Waals surface area contributed by atoms with Gasteiger partial charge in [-0.2, -0.15) is 0 Å². The third kappa shape index (κ3) is 5.48. The smallest absolute Gasteiger partial charge is 0.302 e. The third-order valence-electron chi connectivity index (χ3n) is 8.62. The average molecular weight is 445 g/mol. The number of hydrogen-bond acceptors (Lipinski definition) is 4. The van der Waals surface area contributed by atoms with Gasteiger partial charge >= 0.3 is 11.9 Å². The number of allylic oxidation sites excluding steroid dienone is 4. The van der Waals surface area contributed by atoms with Crippen LogP contribution >= 0.6 is 0 Å². The van der Waals surface area contributed by atoms with Crippen LogP contribution in [0.5, 0.6) is 0 Å². The van der Waals surface area contributed by atoms with E-state index in [0.717, 1.165) is 30.6 Å². The number of esters is 2. The van der Waals surface area contributed by atoms with Crippen molar-refractivity contribution in [1.82, 2.24) is 0 Å². The van der Waals surface area contributed by atoms with Crippen molar-refractivity contribution >= 4 is 11.9 Å². The molecule has 0 radical (unpaired) electrons. The van der Waals surface area contributed by atoms with Crippen molar-refractivity contribution in [2.75, 3.05) is 0 Å². The maximum Gasteiger partial charge on any atom is 0.302 e. The van der Waals surface area contributed by atoms with Gasteiger partial charge in [0.25, 0.3) is 0 Å². The predicted molar refractivity (Wildman–Crippen MR) is 128 cm³/mol. The zero-order chi connectivity index (χ0) is 23.4. The van der Waals surface area contributed by atoms with Gasteiger partial charge in [0.15, 0.2) is 0 Å². The Balaban J connectivity index is 0.000000181. The van der Waals surface area contributed by atoms with E-state index in [1.54, 1.807) is 11.1 Å². The molecule has 4 nitrogen and oxygen atoms in total. The number of hydrogen-bond donors (Lipinski definition) is 0. The maximum atomic E-state index is 11.1. The highest BCUT2D eigenvalue weighted by molar-refractivity contribution is 5.66. The van der Waals surface area contributed by atoms with Crippen LogP contribution in [0.25, 0.3) is 0 Å². The average Bonchev–Trinajstić information content (AvgIpc) is 3.55. The molecule has 0 aromatic heterocycles. The minimum absolute atomic E-state index is 0.124. The van der Waals surface area contributed by atoms with Crippen LogP contribution in [-0.4, -0.2) is 24.1 Å². The zero-order valence-electron chi connectivity index (χ0n) is 21.1. The van der Waals surface area contributed by atoms with E-state index in [4.69, 9.17) is 9.47 Å². The molecule has 0 aromatic rings. The highest BCUT2D eigenvalue weighted by Gasteiger charge is 2.47. The van der Waals surface area contributed by atoms with Gasteiger partial charge in [0, 0.05) is 19.8 Å². The maximum absolute atomic E-state index is 11.1. The number of rotatable bonds is 6. The molecule has 4 rings (SSSR count). The molecule has 0 spiro atoms. The van der Waals surface area contributed by atoms with E-state index in [9.17, 15) is 9.59 Å². The summed E-state index contributed by atoms with van der Waals surface area (Å²) in [6.45, 7) is 11.6. The van der Waals surface area contributed by atoms with E-state index in [-0.39, 0.29) is 24.1 Å². The molecule has 180 valence electrons. The summed E-state index contributed by atoms with van der Waals surface area (Å²) in [5.74, 6) is 4.04. The summed E-state index contributed by atoms with van der Waals surface area (Å²) in [6.07, 6.45) is 14.4. The molecule has 0 heterocycles. The monoisotopic (exact) mass is 444 g/mol. The van der Waals surface area contributed by atoms with Gasteiger partial charge in [-0.25, -0.2) is 0 Å². The molecule has 4 fully saturated rings. The van der Waals surface area contributed by atoms with Crippen LogP contribution in [0.4, 0.5) is 0 Å². The molecular weight excluding hydrogens is 400 g/mol. The lowest BCUT2D eigenvalue weighted by molar-refractivity contribution is -0.151. The van der Waals surface area contributed by atoms with Crippen LogP contribution in [0, 0.1) is 35.5 Å². The van der Waals surface area contributed by atoms with Gasteiger partial charge in [-0.1, -0.05) is 37.1 Å². The Morgan fingerprint density at radius 2 is 1.44 bits per heavy atom. The lowest BCUT2D eigenvalue weighted by atomic mass is 9.80. The van der Waals surface area contributed by atoms with E-state index >= 15 is 0 Å². The van der Waals surface area contributed by atoms with E-state index < -0.39 is 0 Å². The zero-order valence-corrected chi connectivity index (χ0v) is 21.1. The van der Waals surface area contributed by atoms with Crippen molar-refractivity contribution in [1.29, 1.82) is 0 Å². The molecule has 8 atom stereocenters. The summed E-state index contributed by atoms with van der Waals surface area (Å²) in [5, 5.41) is 0. The summed E-state index contributed by atoms with van der Waals surface area (Å²) in [5.41, 5.74) is 3.24. The van der Waals surface area contributed by atoms with Crippen LogP contribution in [0.2, 0.25) is 0 Å². The quantitative estimate of drug-likeness (QED) is 0.340. The molecule has 0 aromatic carbocycles. The van der Waals surface area contributed by atoms with E-state index in [1.165, 1.54) is 52.4 Å². The van der Waals surface area contributed by atoms with Crippen LogP contribution in [0.3, 0.4) is 0 Å². The topological polar surface area (TPSA) is 52.6 Å². The summed E-state index contributed by atoms with van der Waals surface area (Å²) < 4.78 is 10.9. The highest BCUT2D eigenvalue weighted by atomic mass is 16.5. The summed E-state index contributed by atoms with van der Waals surface area (Å²) in [7, 11) is 0. The van der Waals surface area contributed by atoms with Crippen molar-refractivity contribution in [3.05, 3.63) is 23.3 Å². The number of ether oxygens (including phenoxy) is 2. The van der Waals surface area contributed by atoms with Gasteiger partial charge in [-0.05, 0) is 94.8 Å². The van der Waals surface area contributed by atoms with Gasteiger partial charge in [0.2, 0.25) is 0 Å². The number of carbonyl (C=O) groups is 2. The molecule has 4 saturated carbocycles. The Morgan fingerprint density at radius 1 is 0.844 bits per heavy atom. The molecular formula is C28H44O4. The molecule has 0 saturated heterocycles. The van der Waals surface area contributed by atoms with E-state index in [1.807, 2.05) is 0 Å². The van der Waals surface area contributed by atoms with Gasteiger partial charge < -0.3 is 9.47 Å². The van der Waals surface area contributed by atoms with Gasteiger partial charge in [-0.15, -0.1) is 0 Å². The van der Waals surface area contributed by atoms with Crippen molar-refractivity contribution in [2.24, 2.45) is 35.5 Å². The second-order valence-corrected chi connectivity index (χ2v) is 10.4. The fourth-order valence-corrected chi connectivity index (χ4v) is 7.35. The van der Waals surface area contributed by atoms with Crippen LogP contribution in [-0.2, 0) is 19.1 Å². The Kier molecular flexibility index (Phi) is 8.63. The second-order valence-electron chi connectivity index (χ2n) is 10.4. The summed E-state index contributed by atoms with van der Waals surface area (Å²) in [6, 6.07) is 0. The molecule has 0 aliphatic heterocycles. The molecule has 0 amide bonds. The first kappa shape index (κ1) is 25.1. The van der Waals surface area contributed by atoms with E-state index in [0.29, 0.717) is 17.8 Å². The highest BCUT2D eigenvalue weighted by Crippen LogP contribution is 2.54. The van der Waals surface area contributed by atoms with Gasteiger partial charge in [0.05, 0.1) is 0 Å². The first-order valence-electron chi connectivity index (χ1n) is 13.0. The minimum atomic E-state index is -0.128. The predicted octanol–water partition coefficient (Wildman–Crippen LogP) is 6.64. The van der Waals surface area contributed by atoms with Crippen molar-refractivity contribution in [3.63, 3.8) is 0 Å². The lowest BCUT2D eigenvalue weighted by Gasteiger charge is -2.30. The minimum Gasteiger partial charge on any atom is -0.462 e. The molecule has 0 N–H and O–H groups in total. The number of fused-ring (bicyclic) bond motifs is 4. The lowest BCUT2D eigenvalue weighted by Crippen LogP contribution is -2.30. The standard InChI is InChI=1S/2C14H22O2/c1-4-11-6-10-7-12(11)13(8-10)14(5-2)16-9(3)15;1-4-10-6-12-7-11(10)8-13(12)14(5-2)16-9(3)15/h4,10,12-14H,5-8H2,1-3H3;4,11-14H,5-8H2,1-3H3. The number of carbonyl (C=O) groups excluding carboxylic acids is 2. The second kappa shape index (κ2) is 11.0. The largest absolute Gasteiger partial charge is 0.462 e. The SMILES string of the molecule is CC=C1CC2CC1C(C(CC)OC(C)=O)C2.CC=C1CC2CC1CC2C(CC)OC(C)=O. The van der Waals surface area contributed by atoms with E-state index in [2.05, 4.69) is 39.8 Å². The van der Waals surface area contributed by atoms with Crippen LogP contribution < -0.4 is 0 Å². The summed E-state index contributed by atoms with van der Waals surface area (Å²) in [4.78, 5) is 22.2. The van der Waals surface area contributed by atoms with Crippen molar-refractivity contribution in [2.45, 2.75) is 105 Å². The Morgan fingerprint density at radius 3 is 1.88 bits per heavy atom. The molecule has 4 heteroatoms. The Hall–Kier alpha value is -1.58. The van der Waals surface area contributed by atoms with Gasteiger partial charge in [0.1, 0.15) is 12.2 Å². The summed E-state index contributed by atoms with van der Waals surface area (Å²) >= 11 is 0. The fraction of sp³-hybridized carbons (Fsp3) is 0.786. The molecule has 32 heavy (non-hydrogen) atoms. The normalized spacial score (nSPS) is 36.7. The fourth-order valence-electron chi connectivity index (χ4n) is 7.35. The molecule has 4 aliphatic rings. The third-order valence-corrected chi connectivity index (χ3v) is 8.62. The first-order chi connectivity index (χ1) is 15.3.